The van der Waals surface area contributed by atoms with Gasteiger partial charge in [0.1, 0.15) is 6.29 Å². The van der Waals surface area contributed by atoms with Crippen molar-refractivity contribution in [3.8, 4) is 0 Å². The molecule has 0 aromatic heterocycles. The van der Waals surface area contributed by atoms with Crippen LogP contribution in [0.5, 0.6) is 0 Å². The topological polar surface area (TPSA) is 40.5 Å². The maximum atomic E-state index is 10.3. The lowest BCUT2D eigenvalue weighted by Crippen LogP contribution is -2.27. The van der Waals surface area contributed by atoms with Gasteiger partial charge in [-0.1, -0.05) is 6.92 Å². The van der Waals surface area contributed by atoms with Gasteiger partial charge in [-0.15, -0.1) is 0 Å². The summed E-state index contributed by atoms with van der Waals surface area (Å²) in [7, 11) is 0. The number of β-amino-alcohol motifs (C(OH)–C–C–N with tert-alkyl or cyclic N) is 1. The standard InChI is InChI=1S/C8H15NO2/c1-7(6-10)4-9-3-2-8(11)5-9/h6-8,11H,2-5H2,1H3. The molecule has 11 heavy (non-hydrogen) atoms. The fourth-order valence-electron chi connectivity index (χ4n) is 1.43. The minimum Gasteiger partial charge on any atom is -0.392 e. The van der Waals surface area contributed by atoms with E-state index in [0.29, 0.717) is 0 Å². The second kappa shape index (κ2) is 3.83. The lowest BCUT2D eigenvalue weighted by molar-refractivity contribution is -0.111. The molecule has 0 aromatic rings. The van der Waals surface area contributed by atoms with Crippen molar-refractivity contribution >= 4 is 6.29 Å². The predicted molar refractivity (Wildman–Crippen MR) is 42.3 cm³/mol. The number of likely N-dealkylation sites (tertiary alicyclic amines) is 1. The quantitative estimate of drug-likeness (QED) is 0.581. The third-order valence-corrected chi connectivity index (χ3v) is 2.03. The van der Waals surface area contributed by atoms with Crippen molar-refractivity contribution in [1.82, 2.24) is 4.90 Å². The largest absolute Gasteiger partial charge is 0.392 e. The Kier molecular flexibility index (Phi) is 3.02. The van der Waals surface area contributed by atoms with Crippen LogP contribution in [0.1, 0.15) is 13.3 Å². The Labute approximate surface area is 67.0 Å². The summed E-state index contributed by atoms with van der Waals surface area (Å²) in [6, 6.07) is 0. The minimum absolute atomic E-state index is 0.0975. The molecule has 3 heteroatoms. The summed E-state index contributed by atoms with van der Waals surface area (Å²) in [4.78, 5) is 12.4. The smallest absolute Gasteiger partial charge is 0.124 e. The van der Waals surface area contributed by atoms with Crippen molar-refractivity contribution in [2.75, 3.05) is 19.6 Å². The first-order valence-electron chi connectivity index (χ1n) is 4.08. The molecule has 1 aliphatic rings. The highest BCUT2D eigenvalue weighted by atomic mass is 16.3. The van der Waals surface area contributed by atoms with Crippen LogP contribution in [0.25, 0.3) is 0 Å². The molecular formula is C8H15NO2. The average Bonchev–Trinajstić information content (AvgIpc) is 2.35. The van der Waals surface area contributed by atoms with Gasteiger partial charge in [0.15, 0.2) is 0 Å². The Morgan fingerprint density at radius 3 is 3.00 bits per heavy atom. The highest BCUT2D eigenvalue weighted by Gasteiger charge is 2.20. The monoisotopic (exact) mass is 157 g/mol. The number of nitrogens with zero attached hydrogens (tertiary/aromatic N) is 1. The summed E-state index contributed by atoms with van der Waals surface area (Å²) in [5.74, 6) is 0.0975. The van der Waals surface area contributed by atoms with Crippen LogP contribution in [0.4, 0.5) is 0 Å². The number of aldehydes is 1. The van der Waals surface area contributed by atoms with Crippen molar-refractivity contribution in [2.45, 2.75) is 19.4 Å². The van der Waals surface area contributed by atoms with Gasteiger partial charge in [-0.25, -0.2) is 0 Å². The summed E-state index contributed by atoms with van der Waals surface area (Å²) in [5, 5.41) is 9.16. The molecule has 64 valence electrons. The third-order valence-electron chi connectivity index (χ3n) is 2.03. The van der Waals surface area contributed by atoms with Gasteiger partial charge in [-0.3, -0.25) is 4.90 Å². The second-order valence-electron chi connectivity index (χ2n) is 3.32. The summed E-state index contributed by atoms with van der Waals surface area (Å²) in [6.45, 7) is 4.36. The van der Waals surface area contributed by atoms with E-state index in [4.69, 9.17) is 5.11 Å². The maximum absolute atomic E-state index is 10.3. The number of aliphatic hydroxyl groups excluding tert-OH is 1. The second-order valence-corrected chi connectivity index (χ2v) is 3.32. The average molecular weight is 157 g/mol. The van der Waals surface area contributed by atoms with Crippen LogP contribution in [0.3, 0.4) is 0 Å². The molecule has 3 nitrogen and oxygen atoms in total. The summed E-state index contributed by atoms with van der Waals surface area (Å²) in [6.07, 6.45) is 1.64. The number of rotatable bonds is 3. The molecule has 1 saturated heterocycles. The SMILES string of the molecule is CC(C=O)CN1CCC(O)C1. The number of hydrogen-bond donors (Lipinski definition) is 1. The Balaban J connectivity index is 2.22. The van der Waals surface area contributed by atoms with E-state index < -0.39 is 0 Å². The van der Waals surface area contributed by atoms with Crippen LogP contribution >= 0.6 is 0 Å². The lowest BCUT2D eigenvalue weighted by atomic mass is 10.2. The van der Waals surface area contributed by atoms with Gasteiger partial charge in [-0.2, -0.15) is 0 Å². The van der Waals surface area contributed by atoms with E-state index >= 15 is 0 Å². The van der Waals surface area contributed by atoms with Crippen LogP contribution < -0.4 is 0 Å². The fourth-order valence-corrected chi connectivity index (χ4v) is 1.43. The summed E-state index contributed by atoms with van der Waals surface area (Å²) in [5.41, 5.74) is 0. The predicted octanol–water partition coefficient (Wildman–Crippen LogP) is -0.112. The molecule has 1 heterocycles. The van der Waals surface area contributed by atoms with Gasteiger partial charge >= 0.3 is 0 Å². The normalized spacial score (nSPS) is 28.7. The minimum atomic E-state index is -0.172. The molecule has 1 N–H and O–H groups in total. The molecule has 0 amide bonds. The number of carbonyl (C=O) groups excluding carboxylic acids is 1. The number of hydrogen-bond acceptors (Lipinski definition) is 3. The first-order valence-corrected chi connectivity index (χ1v) is 4.08. The summed E-state index contributed by atoms with van der Waals surface area (Å²) < 4.78 is 0. The van der Waals surface area contributed by atoms with Crippen molar-refractivity contribution in [2.24, 2.45) is 5.92 Å². The highest BCUT2D eigenvalue weighted by molar-refractivity contribution is 5.53. The van der Waals surface area contributed by atoms with Gasteiger partial charge < -0.3 is 9.90 Å². The Hall–Kier alpha value is -0.410. The number of carbonyl (C=O) groups is 1. The molecule has 2 unspecified atom stereocenters. The van der Waals surface area contributed by atoms with Gasteiger partial charge in [0.05, 0.1) is 6.10 Å². The van der Waals surface area contributed by atoms with E-state index in [1.165, 1.54) is 0 Å². The first kappa shape index (κ1) is 8.68. The Bertz CT molecular complexity index is 138. The zero-order valence-electron chi connectivity index (χ0n) is 6.86. The Morgan fingerprint density at radius 1 is 1.82 bits per heavy atom. The van der Waals surface area contributed by atoms with Crippen LogP contribution in [0.15, 0.2) is 0 Å². The van der Waals surface area contributed by atoms with Crippen molar-refractivity contribution in [3.63, 3.8) is 0 Å². The van der Waals surface area contributed by atoms with E-state index in [-0.39, 0.29) is 12.0 Å². The molecule has 1 fully saturated rings. The third kappa shape index (κ3) is 2.60. The van der Waals surface area contributed by atoms with Gasteiger partial charge in [0, 0.05) is 25.6 Å². The lowest BCUT2D eigenvalue weighted by Gasteiger charge is -2.15. The molecule has 1 aliphatic heterocycles. The van der Waals surface area contributed by atoms with Crippen molar-refractivity contribution in [3.05, 3.63) is 0 Å². The van der Waals surface area contributed by atoms with Crippen LogP contribution in [-0.2, 0) is 4.79 Å². The van der Waals surface area contributed by atoms with E-state index in [1.807, 2.05) is 6.92 Å². The number of aliphatic hydroxyl groups is 1. The molecular weight excluding hydrogens is 142 g/mol. The van der Waals surface area contributed by atoms with Gasteiger partial charge in [-0.05, 0) is 6.42 Å². The Morgan fingerprint density at radius 2 is 2.55 bits per heavy atom. The molecule has 0 aromatic carbocycles. The molecule has 0 bridgehead atoms. The molecule has 0 spiro atoms. The van der Waals surface area contributed by atoms with E-state index in [2.05, 4.69) is 4.90 Å². The summed E-state index contributed by atoms with van der Waals surface area (Å²) >= 11 is 0. The maximum Gasteiger partial charge on any atom is 0.124 e. The van der Waals surface area contributed by atoms with Crippen molar-refractivity contribution < 1.29 is 9.90 Å². The molecule has 0 aliphatic carbocycles. The van der Waals surface area contributed by atoms with Crippen molar-refractivity contribution in [1.29, 1.82) is 0 Å². The van der Waals surface area contributed by atoms with Gasteiger partial charge in [0.2, 0.25) is 0 Å². The molecule has 2 atom stereocenters. The fraction of sp³-hybridized carbons (Fsp3) is 0.875. The molecule has 0 saturated carbocycles. The van der Waals surface area contributed by atoms with Crippen LogP contribution in [0.2, 0.25) is 0 Å². The van der Waals surface area contributed by atoms with Crippen LogP contribution in [-0.4, -0.2) is 42.0 Å². The van der Waals surface area contributed by atoms with E-state index in [9.17, 15) is 4.79 Å². The molecule has 1 rings (SSSR count). The van der Waals surface area contributed by atoms with E-state index in [0.717, 1.165) is 32.3 Å². The van der Waals surface area contributed by atoms with E-state index in [1.54, 1.807) is 0 Å². The van der Waals surface area contributed by atoms with Crippen LogP contribution in [0, 0.1) is 5.92 Å². The zero-order chi connectivity index (χ0) is 8.27. The highest BCUT2D eigenvalue weighted by Crippen LogP contribution is 2.09. The van der Waals surface area contributed by atoms with Gasteiger partial charge in [0.25, 0.3) is 0 Å². The first-order chi connectivity index (χ1) is 5.22. The zero-order valence-corrected chi connectivity index (χ0v) is 6.86. The molecule has 0 radical (unpaired) electrons.